The van der Waals surface area contributed by atoms with E-state index < -0.39 is 10.0 Å². The Morgan fingerprint density at radius 1 is 1.16 bits per heavy atom. The monoisotopic (exact) mass is 343 g/mol. The van der Waals surface area contributed by atoms with Gasteiger partial charge in [0.2, 0.25) is 10.0 Å². The highest BCUT2D eigenvalue weighted by Gasteiger charge is 2.19. The summed E-state index contributed by atoms with van der Waals surface area (Å²) in [4.78, 5) is 0. The van der Waals surface area contributed by atoms with Crippen LogP contribution in [-0.4, -0.2) is 19.8 Å². The van der Waals surface area contributed by atoms with Crippen LogP contribution in [0.2, 0.25) is 0 Å². The zero-order valence-electron chi connectivity index (χ0n) is 10.4. The molecule has 0 aliphatic heterocycles. The molecule has 0 N–H and O–H groups in total. The van der Waals surface area contributed by atoms with E-state index in [9.17, 15) is 8.42 Å². The van der Waals surface area contributed by atoms with Gasteiger partial charge in [-0.3, -0.25) is 0 Å². The third-order valence-corrected chi connectivity index (χ3v) is 4.88. The van der Waals surface area contributed by atoms with Gasteiger partial charge in [0.15, 0.2) is 4.67 Å². The number of rotatable bonds is 5. The number of hydrogen-bond donors (Lipinski definition) is 0. The maximum atomic E-state index is 12.2. The molecular weight excluding hydrogens is 330 g/mol. The van der Waals surface area contributed by atoms with E-state index in [0.29, 0.717) is 10.4 Å². The summed E-state index contributed by atoms with van der Waals surface area (Å²) in [5.41, 5.74) is 0.773. The number of benzene rings is 1. The average Bonchev–Trinajstić information content (AvgIpc) is 2.75. The van der Waals surface area contributed by atoms with Crippen LogP contribution in [0.3, 0.4) is 0 Å². The Morgan fingerprint density at radius 2 is 1.84 bits per heavy atom. The quantitative estimate of drug-likeness (QED) is 0.838. The van der Waals surface area contributed by atoms with Crippen molar-refractivity contribution in [2.24, 2.45) is 0 Å². The van der Waals surface area contributed by atoms with Gasteiger partial charge in [0.05, 0.1) is 12.3 Å². The maximum absolute atomic E-state index is 12.2. The van der Waals surface area contributed by atoms with Crippen molar-refractivity contribution in [1.82, 2.24) is 4.31 Å². The molecule has 0 aliphatic rings. The van der Waals surface area contributed by atoms with Crippen LogP contribution in [0.15, 0.2) is 51.6 Å². The molecule has 2 aromatic rings. The second-order valence-corrected chi connectivity index (χ2v) is 7.06. The Kier molecular flexibility index (Phi) is 4.44. The van der Waals surface area contributed by atoms with Gasteiger partial charge in [-0.25, -0.2) is 8.42 Å². The highest BCUT2D eigenvalue weighted by atomic mass is 79.9. The van der Waals surface area contributed by atoms with Crippen LogP contribution in [0, 0.1) is 0 Å². The van der Waals surface area contributed by atoms with Crippen LogP contribution in [0.4, 0.5) is 0 Å². The molecule has 0 amide bonds. The summed E-state index contributed by atoms with van der Waals surface area (Å²) in [5, 5.41) is 0. The minimum atomic E-state index is -3.34. The van der Waals surface area contributed by atoms with Gasteiger partial charge in [0.25, 0.3) is 0 Å². The molecule has 4 nitrogen and oxygen atoms in total. The molecule has 0 unspecified atom stereocenters. The molecule has 1 aromatic heterocycles. The third-order valence-electron chi connectivity index (χ3n) is 2.67. The van der Waals surface area contributed by atoms with E-state index in [1.807, 2.05) is 18.2 Å². The second kappa shape index (κ2) is 5.90. The fourth-order valence-electron chi connectivity index (χ4n) is 1.65. The van der Waals surface area contributed by atoms with E-state index in [1.165, 1.54) is 4.31 Å². The molecule has 1 aromatic carbocycles. The first-order valence-electron chi connectivity index (χ1n) is 5.69. The molecular formula is C13H14BrNO3S. The van der Waals surface area contributed by atoms with E-state index >= 15 is 0 Å². The molecule has 0 aliphatic carbocycles. The number of nitrogens with zero attached hydrogens (tertiary/aromatic N) is 1. The normalized spacial score (nSPS) is 11.9. The zero-order chi connectivity index (χ0) is 13.9. The molecule has 0 saturated heterocycles. The number of furan rings is 1. The SMILES string of the molecule is CN(Cc1ccc(Br)o1)S(=O)(=O)Cc1ccccc1. The van der Waals surface area contributed by atoms with Crippen molar-refractivity contribution in [1.29, 1.82) is 0 Å². The lowest BCUT2D eigenvalue weighted by Gasteiger charge is -2.15. The van der Waals surface area contributed by atoms with Crippen molar-refractivity contribution < 1.29 is 12.8 Å². The van der Waals surface area contributed by atoms with Gasteiger partial charge in [-0.15, -0.1) is 0 Å². The smallest absolute Gasteiger partial charge is 0.218 e. The van der Waals surface area contributed by atoms with Crippen LogP contribution in [0.5, 0.6) is 0 Å². The molecule has 6 heteroatoms. The fraction of sp³-hybridized carbons (Fsp3) is 0.231. The van der Waals surface area contributed by atoms with E-state index in [0.717, 1.165) is 5.56 Å². The van der Waals surface area contributed by atoms with Gasteiger partial charge in [-0.05, 0) is 33.6 Å². The van der Waals surface area contributed by atoms with Gasteiger partial charge in [0, 0.05) is 7.05 Å². The summed E-state index contributed by atoms with van der Waals surface area (Å²) in [6.07, 6.45) is 0. The largest absolute Gasteiger partial charge is 0.453 e. The first-order valence-corrected chi connectivity index (χ1v) is 8.10. The Hall–Kier alpha value is -1.11. The topological polar surface area (TPSA) is 50.5 Å². The van der Waals surface area contributed by atoms with Gasteiger partial charge >= 0.3 is 0 Å². The van der Waals surface area contributed by atoms with E-state index in [4.69, 9.17) is 4.42 Å². The summed E-state index contributed by atoms with van der Waals surface area (Å²) in [6, 6.07) is 12.6. The van der Waals surface area contributed by atoms with Crippen LogP contribution in [0.25, 0.3) is 0 Å². The van der Waals surface area contributed by atoms with Crippen molar-refractivity contribution in [3.63, 3.8) is 0 Å². The molecule has 0 radical (unpaired) electrons. The minimum Gasteiger partial charge on any atom is -0.453 e. The molecule has 0 fully saturated rings. The standard InChI is InChI=1S/C13H14BrNO3S/c1-15(9-12-7-8-13(14)18-12)19(16,17)10-11-5-3-2-4-6-11/h2-8H,9-10H2,1H3. The second-order valence-electron chi connectivity index (χ2n) is 4.20. The number of hydrogen-bond acceptors (Lipinski definition) is 3. The van der Waals surface area contributed by atoms with Crippen molar-refractivity contribution in [2.75, 3.05) is 7.05 Å². The van der Waals surface area contributed by atoms with Crippen LogP contribution in [0.1, 0.15) is 11.3 Å². The number of halogens is 1. The van der Waals surface area contributed by atoms with Crippen molar-refractivity contribution in [2.45, 2.75) is 12.3 Å². The average molecular weight is 344 g/mol. The summed E-state index contributed by atoms with van der Waals surface area (Å²) >= 11 is 3.19. The highest BCUT2D eigenvalue weighted by molar-refractivity contribution is 9.10. The molecule has 1 heterocycles. The van der Waals surface area contributed by atoms with Gasteiger partial charge in [-0.2, -0.15) is 4.31 Å². The molecule has 0 spiro atoms. The minimum absolute atomic E-state index is 0.00772. The van der Waals surface area contributed by atoms with Crippen LogP contribution >= 0.6 is 15.9 Å². The Bertz CT molecular complexity index is 637. The molecule has 0 bridgehead atoms. The molecule has 102 valence electrons. The van der Waals surface area contributed by atoms with E-state index in [2.05, 4.69) is 15.9 Å². The van der Waals surface area contributed by atoms with Crippen molar-refractivity contribution >= 4 is 26.0 Å². The fourth-order valence-corrected chi connectivity index (χ4v) is 3.15. The molecule has 19 heavy (non-hydrogen) atoms. The molecule has 2 rings (SSSR count). The van der Waals surface area contributed by atoms with Crippen LogP contribution < -0.4 is 0 Å². The van der Waals surface area contributed by atoms with E-state index in [1.54, 1.807) is 31.3 Å². The molecule has 0 saturated carbocycles. The first-order chi connectivity index (χ1) is 8.97. The summed E-state index contributed by atoms with van der Waals surface area (Å²) in [6.45, 7) is 0.223. The highest BCUT2D eigenvalue weighted by Crippen LogP contribution is 2.17. The Morgan fingerprint density at radius 3 is 2.42 bits per heavy atom. The lowest BCUT2D eigenvalue weighted by atomic mass is 10.2. The summed E-state index contributed by atoms with van der Waals surface area (Å²) < 4.78 is 31.6. The Labute approximate surface area is 121 Å². The van der Waals surface area contributed by atoms with E-state index in [-0.39, 0.29) is 12.3 Å². The Balaban J connectivity index is 2.07. The predicted molar refractivity (Wildman–Crippen MR) is 76.9 cm³/mol. The summed E-state index contributed by atoms with van der Waals surface area (Å²) in [7, 11) is -1.79. The third kappa shape index (κ3) is 3.92. The van der Waals surface area contributed by atoms with Crippen molar-refractivity contribution in [3.8, 4) is 0 Å². The van der Waals surface area contributed by atoms with Crippen LogP contribution in [-0.2, 0) is 22.3 Å². The first kappa shape index (κ1) is 14.3. The zero-order valence-corrected chi connectivity index (χ0v) is 12.8. The van der Waals surface area contributed by atoms with Crippen molar-refractivity contribution in [3.05, 3.63) is 58.5 Å². The maximum Gasteiger partial charge on any atom is 0.218 e. The summed E-state index contributed by atoms with van der Waals surface area (Å²) in [5.74, 6) is 0.595. The van der Waals surface area contributed by atoms with Gasteiger partial charge in [-0.1, -0.05) is 30.3 Å². The van der Waals surface area contributed by atoms with Gasteiger partial charge < -0.3 is 4.42 Å². The molecule has 0 atom stereocenters. The van der Waals surface area contributed by atoms with Gasteiger partial charge in [0.1, 0.15) is 5.76 Å². The number of sulfonamides is 1. The lowest BCUT2D eigenvalue weighted by molar-refractivity contribution is 0.398. The lowest BCUT2D eigenvalue weighted by Crippen LogP contribution is -2.27. The predicted octanol–water partition coefficient (Wildman–Crippen LogP) is 3.00.